The Morgan fingerprint density at radius 1 is 1.29 bits per heavy atom. The van der Waals surface area contributed by atoms with E-state index >= 15 is 0 Å². The van der Waals surface area contributed by atoms with Crippen LogP contribution in [-0.2, 0) is 9.59 Å². The van der Waals surface area contributed by atoms with Crippen molar-refractivity contribution in [2.24, 2.45) is 0 Å². The van der Waals surface area contributed by atoms with E-state index in [9.17, 15) is 9.59 Å². The van der Waals surface area contributed by atoms with Crippen molar-refractivity contribution in [2.75, 3.05) is 0 Å². The standard InChI is InChI=1S/C11H16O3/c1-2-3-4-5-10(8-9-12)6-7-11(13)14/h6-9H,2-5H2,1H3,(H,13,14)/b7-6-,10-8-. The topological polar surface area (TPSA) is 54.4 Å². The Morgan fingerprint density at radius 2 is 2.00 bits per heavy atom. The monoisotopic (exact) mass is 196 g/mol. The zero-order valence-corrected chi connectivity index (χ0v) is 8.40. The average Bonchev–Trinajstić information content (AvgIpc) is 2.14. The first-order valence-corrected chi connectivity index (χ1v) is 4.76. The first kappa shape index (κ1) is 12.6. The van der Waals surface area contributed by atoms with Gasteiger partial charge in [-0.15, -0.1) is 0 Å². The van der Waals surface area contributed by atoms with Crippen LogP contribution < -0.4 is 0 Å². The van der Waals surface area contributed by atoms with Gasteiger partial charge in [-0.1, -0.05) is 25.8 Å². The minimum atomic E-state index is -0.989. The van der Waals surface area contributed by atoms with Gasteiger partial charge in [0.25, 0.3) is 0 Å². The van der Waals surface area contributed by atoms with E-state index in [0.29, 0.717) is 6.29 Å². The van der Waals surface area contributed by atoms with E-state index in [1.807, 2.05) is 0 Å². The van der Waals surface area contributed by atoms with Crippen LogP contribution in [0.4, 0.5) is 0 Å². The molecule has 0 bridgehead atoms. The van der Waals surface area contributed by atoms with Gasteiger partial charge in [0, 0.05) is 6.08 Å². The summed E-state index contributed by atoms with van der Waals surface area (Å²) in [5, 5.41) is 8.40. The number of rotatable bonds is 7. The van der Waals surface area contributed by atoms with Gasteiger partial charge < -0.3 is 5.11 Å². The highest BCUT2D eigenvalue weighted by atomic mass is 16.4. The highest BCUT2D eigenvalue weighted by molar-refractivity contribution is 5.80. The summed E-state index contributed by atoms with van der Waals surface area (Å²) in [5.74, 6) is -0.989. The molecule has 0 heterocycles. The van der Waals surface area contributed by atoms with Gasteiger partial charge in [0.1, 0.15) is 6.29 Å². The van der Waals surface area contributed by atoms with Crippen LogP contribution in [0, 0.1) is 0 Å². The summed E-state index contributed by atoms with van der Waals surface area (Å²) in [6, 6.07) is 0. The van der Waals surface area contributed by atoms with Gasteiger partial charge in [0.15, 0.2) is 0 Å². The molecule has 0 fully saturated rings. The average molecular weight is 196 g/mol. The van der Waals surface area contributed by atoms with Crippen molar-refractivity contribution >= 4 is 12.3 Å². The van der Waals surface area contributed by atoms with E-state index in [1.165, 1.54) is 12.2 Å². The summed E-state index contributed by atoms with van der Waals surface area (Å²) in [6.45, 7) is 2.09. The lowest BCUT2D eigenvalue weighted by atomic mass is 10.1. The number of hydrogen-bond acceptors (Lipinski definition) is 2. The molecule has 0 aliphatic heterocycles. The third-order valence-electron chi connectivity index (χ3n) is 1.79. The predicted molar refractivity (Wildman–Crippen MR) is 55.1 cm³/mol. The van der Waals surface area contributed by atoms with Crippen molar-refractivity contribution in [3.05, 3.63) is 23.8 Å². The number of unbranched alkanes of at least 4 members (excludes halogenated alkanes) is 2. The molecule has 0 aliphatic carbocycles. The van der Waals surface area contributed by atoms with Crippen LogP contribution in [0.5, 0.6) is 0 Å². The van der Waals surface area contributed by atoms with Crippen molar-refractivity contribution in [1.82, 2.24) is 0 Å². The molecule has 0 aromatic carbocycles. The first-order valence-electron chi connectivity index (χ1n) is 4.76. The molecule has 0 aliphatic rings. The lowest BCUT2D eigenvalue weighted by Gasteiger charge is -1.98. The van der Waals surface area contributed by atoms with Gasteiger partial charge in [-0.25, -0.2) is 4.79 Å². The fourth-order valence-electron chi connectivity index (χ4n) is 1.07. The van der Waals surface area contributed by atoms with E-state index < -0.39 is 5.97 Å². The Labute approximate surface area is 84.1 Å². The lowest BCUT2D eigenvalue weighted by Crippen LogP contribution is -1.88. The largest absolute Gasteiger partial charge is 0.478 e. The molecule has 0 aromatic heterocycles. The van der Waals surface area contributed by atoms with Crippen molar-refractivity contribution in [3.63, 3.8) is 0 Å². The van der Waals surface area contributed by atoms with E-state index in [4.69, 9.17) is 5.11 Å². The quantitative estimate of drug-likeness (QED) is 0.294. The second-order valence-corrected chi connectivity index (χ2v) is 3.01. The maximum atomic E-state index is 10.2. The third kappa shape index (κ3) is 7.28. The number of hydrogen-bond donors (Lipinski definition) is 1. The van der Waals surface area contributed by atoms with Crippen LogP contribution in [0.2, 0.25) is 0 Å². The van der Waals surface area contributed by atoms with Crippen molar-refractivity contribution in [3.8, 4) is 0 Å². The maximum Gasteiger partial charge on any atom is 0.328 e. The van der Waals surface area contributed by atoms with Crippen LogP contribution in [0.25, 0.3) is 0 Å². The number of aldehydes is 1. The van der Waals surface area contributed by atoms with Gasteiger partial charge >= 0.3 is 5.97 Å². The summed E-state index contributed by atoms with van der Waals surface area (Å²) in [4.78, 5) is 20.5. The van der Waals surface area contributed by atoms with Gasteiger partial charge in [-0.05, 0) is 24.5 Å². The molecule has 3 nitrogen and oxygen atoms in total. The van der Waals surface area contributed by atoms with Crippen LogP contribution >= 0.6 is 0 Å². The van der Waals surface area contributed by atoms with E-state index in [-0.39, 0.29) is 0 Å². The number of carboxylic acids is 1. The lowest BCUT2D eigenvalue weighted by molar-refractivity contribution is -0.131. The molecule has 0 aromatic rings. The Hall–Kier alpha value is -1.38. The highest BCUT2D eigenvalue weighted by Crippen LogP contribution is 2.09. The number of aliphatic carboxylic acids is 1. The fraction of sp³-hybridized carbons (Fsp3) is 0.455. The highest BCUT2D eigenvalue weighted by Gasteiger charge is 1.94. The van der Waals surface area contributed by atoms with Crippen LogP contribution in [0.15, 0.2) is 23.8 Å². The SMILES string of the molecule is CCCCCC(/C=C\C(=O)O)=C/C=O. The van der Waals surface area contributed by atoms with Crippen molar-refractivity contribution in [2.45, 2.75) is 32.6 Å². The zero-order chi connectivity index (χ0) is 10.8. The molecule has 0 spiro atoms. The normalized spacial score (nSPS) is 11.9. The molecule has 0 saturated carbocycles. The van der Waals surface area contributed by atoms with Crippen molar-refractivity contribution < 1.29 is 14.7 Å². The summed E-state index contributed by atoms with van der Waals surface area (Å²) >= 11 is 0. The number of carbonyl (C=O) groups excluding carboxylic acids is 1. The van der Waals surface area contributed by atoms with E-state index in [1.54, 1.807) is 0 Å². The molecule has 0 saturated heterocycles. The van der Waals surface area contributed by atoms with Crippen LogP contribution in [0.3, 0.4) is 0 Å². The third-order valence-corrected chi connectivity index (χ3v) is 1.79. The minimum Gasteiger partial charge on any atom is -0.478 e. The number of allylic oxidation sites excluding steroid dienone is 3. The van der Waals surface area contributed by atoms with Gasteiger partial charge in [0.2, 0.25) is 0 Å². The van der Waals surface area contributed by atoms with Gasteiger partial charge in [-0.3, -0.25) is 4.79 Å². The van der Waals surface area contributed by atoms with Crippen LogP contribution in [0.1, 0.15) is 32.6 Å². The first-order chi connectivity index (χ1) is 6.70. The van der Waals surface area contributed by atoms with Crippen molar-refractivity contribution in [1.29, 1.82) is 0 Å². The summed E-state index contributed by atoms with van der Waals surface area (Å²) < 4.78 is 0. The summed E-state index contributed by atoms with van der Waals surface area (Å²) in [7, 11) is 0. The molecule has 14 heavy (non-hydrogen) atoms. The fourth-order valence-corrected chi connectivity index (χ4v) is 1.07. The second kappa shape index (κ2) is 8.23. The molecular weight excluding hydrogens is 180 g/mol. The molecule has 0 radical (unpaired) electrons. The number of carbonyl (C=O) groups is 2. The zero-order valence-electron chi connectivity index (χ0n) is 8.40. The van der Waals surface area contributed by atoms with Gasteiger partial charge in [-0.2, -0.15) is 0 Å². The molecular formula is C11H16O3. The molecule has 0 rings (SSSR count). The second-order valence-electron chi connectivity index (χ2n) is 3.01. The molecule has 78 valence electrons. The molecule has 0 amide bonds. The molecule has 0 atom stereocenters. The van der Waals surface area contributed by atoms with Crippen LogP contribution in [-0.4, -0.2) is 17.4 Å². The van der Waals surface area contributed by atoms with E-state index in [2.05, 4.69) is 6.92 Å². The number of carboxylic acid groups (broad SMARTS) is 1. The molecule has 3 heteroatoms. The predicted octanol–water partition coefficient (Wildman–Crippen LogP) is 2.33. The molecule has 0 unspecified atom stereocenters. The van der Waals surface area contributed by atoms with Gasteiger partial charge in [0.05, 0.1) is 0 Å². The Morgan fingerprint density at radius 3 is 2.50 bits per heavy atom. The molecule has 1 N–H and O–H groups in total. The summed E-state index contributed by atoms with van der Waals surface area (Å²) in [5.41, 5.74) is 0.774. The Balaban J connectivity index is 4.09. The maximum absolute atomic E-state index is 10.2. The summed E-state index contributed by atoms with van der Waals surface area (Å²) in [6.07, 6.45) is 8.58. The Bertz CT molecular complexity index is 239. The van der Waals surface area contributed by atoms with E-state index in [0.717, 1.165) is 37.3 Å². The Kier molecular flexibility index (Phi) is 7.42. The smallest absolute Gasteiger partial charge is 0.328 e. The minimum absolute atomic E-state index is 0.688.